The lowest BCUT2D eigenvalue weighted by Gasteiger charge is -2.17. The number of aromatic nitrogens is 3. The van der Waals surface area contributed by atoms with Gasteiger partial charge in [0.05, 0.1) is 11.7 Å². The zero-order valence-electron chi connectivity index (χ0n) is 12.2. The Morgan fingerprint density at radius 2 is 2.00 bits per heavy atom. The highest BCUT2D eigenvalue weighted by Crippen LogP contribution is 2.15. The Labute approximate surface area is 130 Å². The first kappa shape index (κ1) is 14.4. The Morgan fingerprint density at radius 3 is 2.77 bits per heavy atom. The molecule has 0 unspecified atom stereocenters. The molecule has 3 aromatic rings. The number of aromatic amines is 1. The minimum atomic E-state index is -0.272. The van der Waals surface area contributed by atoms with Crippen molar-refractivity contribution >= 4 is 28.7 Å². The summed E-state index contributed by atoms with van der Waals surface area (Å²) in [6, 6.07) is 8.74. The second-order valence-electron chi connectivity index (χ2n) is 5.16. The van der Waals surface area contributed by atoms with Crippen LogP contribution in [-0.2, 0) is 6.54 Å². The van der Waals surface area contributed by atoms with Gasteiger partial charge < -0.3 is 9.88 Å². The SMILES string of the molecule is Cc1cc(C(=O)N(C)Cc2ccc3nsnc3c2)cc(=O)[nH]1. The van der Waals surface area contributed by atoms with E-state index in [2.05, 4.69) is 13.7 Å². The number of nitrogens with zero attached hydrogens (tertiary/aromatic N) is 3. The topological polar surface area (TPSA) is 79.0 Å². The molecule has 2 aromatic heterocycles. The van der Waals surface area contributed by atoms with E-state index in [1.807, 2.05) is 18.2 Å². The van der Waals surface area contributed by atoms with Crippen LogP contribution in [0, 0.1) is 6.92 Å². The Bertz CT molecular complexity index is 900. The van der Waals surface area contributed by atoms with E-state index in [-0.39, 0.29) is 11.5 Å². The molecule has 0 bridgehead atoms. The third-order valence-corrected chi connectivity index (χ3v) is 3.87. The van der Waals surface area contributed by atoms with E-state index in [4.69, 9.17) is 0 Å². The van der Waals surface area contributed by atoms with Crippen LogP contribution >= 0.6 is 11.7 Å². The lowest BCUT2D eigenvalue weighted by atomic mass is 10.1. The largest absolute Gasteiger partial charge is 0.337 e. The summed E-state index contributed by atoms with van der Waals surface area (Å²) < 4.78 is 8.35. The molecule has 1 amide bonds. The van der Waals surface area contributed by atoms with Gasteiger partial charge in [-0.05, 0) is 30.7 Å². The highest BCUT2D eigenvalue weighted by molar-refractivity contribution is 7.00. The molecule has 1 N–H and O–H groups in total. The molecule has 112 valence electrons. The summed E-state index contributed by atoms with van der Waals surface area (Å²) in [5.41, 5.74) is 3.44. The predicted molar refractivity (Wildman–Crippen MR) is 85.0 cm³/mol. The molecule has 22 heavy (non-hydrogen) atoms. The number of aryl methyl sites for hydroxylation is 1. The summed E-state index contributed by atoms with van der Waals surface area (Å²) in [4.78, 5) is 28.1. The van der Waals surface area contributed by atoms with Crippen molar-refractivity contribution in [3.05, 3.63) is 57.5 Å². The predicted octanol–water partition coefficient (Wildman–Crippen LogP) is 1.96. The molecule has 3 rings (SSSR count). The fourth-order valence-corrected chi connectivity index (χ4v) is 2.82. The molecule has 0 aliphatic carbocycles. The number of hydrogen-bond donors (Lipinski definition) is 1. The molecule has 0 aliphatic heterocycles. The van der Waals surface area contributed by atoms with Gasteiger partial charge in [0, 0.05) is 30.9 Å². The normalized spacial score (nSPS) is 10.8. The average Bonchev–Trinajstić information content (AvgIpc) is 2.93. The Balaban J connectivity index is 1.82. The van der Waals surface area contributed by atoms with Crippen LogP contribution in [0.25, 0.3) is 11.0 Å². The van der Waals surface area contributed by atoms with E-state index in [1.54, 1.807) is 24.9 Å². The molecule has 7 heteroatoms. The van der Waals surface area contributed by atoms with Crippen molar-refractivity contribution in [2.24, 2.45) is 0 Å². The molecule has 0 saturated carbocycles. The number of carbonyl (C=O) groups excluding carboxylic acids is 1. The highest BCUT2D eigenvalue weighted by atomic mass is 32.1. The number of rotatable bonds is 3. The van der Waals surface area contributed by atoms with Crippen molar-refractivity contribution in [1.29, 1.82) is 0 Å². The summed E-state index contributed by atoms with van der Waals surface area (Å²) in [6.07, 6.45) is 0. The van der Waals surface area contributed by atoms with E-state index < -0.39 is 0 Å². The number of benzene rings is 1. The molecule has 0 saturated heterocycles. The molecule has 2 heterocycles. The Morgan fingerprint density at radius 1 is 1.23 bits per heavy atom. The number of pyridine rings is 1. The maximum Gasteiger partial charge on any atom is 0.254 e. The first-order valence-corrected chi connectivity index (χ1v) is 7.43. The quantitative estimate of drug-likeness (QED) is 0.801. The molecule has 0 spiro atoms. The van der Waals surface area contributed by atoms with Crippen molar-refractivity contribution in [1.82, 2.24) is 18.6 Å². The monoisotopic (exact) mass is 314 g/mol. The summed E-state index contributed by atoms with van der Waals surface area (Å²) in [6.45, 7) is 2.19. The van der Waals surface area contributed by atoms with E-state index in [9.17, 15) is 9.59 Å². The standard InChI is InChI=1S/C15H14N4O2S/c1-9-5-11(7-14(20)16-9)15(21)19(2)8-10-3-4-12-13(6-10)18-22-17-12/h3-7H,8H2,1-2H3,(H,16,20). The molecule has 0 fully saturated rings. The molecular weight excluding hydrogens is 300 g/mol. The highest BCUT2D eigenvalue weighted by Gasteiger charge is 2.13. The smallest absolute Gasteiger partial charge is 0.254 e. The van der Waals surface area contributed by atoms with Gasteiger partial charge in [-0.3, -0.25) is 9.59 Å². The van der Waals surface area contributed by atoms with Crippen molar-refractivity contribution in [3.63, 3.8) is 0 Å². The fourth-order valence-electron chi connectivity index (χ4n) is 2.30. The van der Waals surface area contributed by atoms with Crippen LogP contribution in [0.3, 0.4) is 0 Å². The molecular formula is C15H14N4O2S. The van der Waals surface area contributed by atoms with Gasteiger partial charge in [-0.25, -0.2) is 0 Å². The maximum absolute atomic E-state index is 12.4. The van der Waals surface area contributed by atoms with Crippen molar-refractivity contribution in [3.8, 4) is 0 Å². The van der Waals surface area contributed by atoms with Crippen LogP contribution < -0.4 is 5.56 Å². The molecule has 1 aromatic carbocycles. The summed E-state index contributed by atoms with van der Waals surface area (Å²) >= 11 is 1.17. The van der Waals surface area contributed by atoms with Gasteiger partial charge in [0.1, 0.15) is 11.0 Å². The maximum atomic E-state index is 12.4. The van der Waals surface area contributed by atoms with Gasteiger partial charge in [-0.2, -0.15) is 8.75 Å². The number of H-pyrrole nitrogens is 1. The molecule has 6 nitrogen and oxygen atoms in total. The summed E-state index contributed by atoms with van der Waals surface area (Å²) in [5.74, 6) is -0.189. The van der Waals surface area contributed by atoms with Crippen LogP contribution in [0.5, 0.6) is 0 Å². The van der Waals surface area contributed by atoms with Crippen molar-refractivity contribution in [2.75, 3.05) is 7.05 Å². The van der Waals surface area contributed by atoms with Crippen LogP contribution in [0.2, 0.25) is 0 Å². The number of fused-ring (bicyclic) bond motifs is 1. The number of nitrogens with one attached hydrogen (secondary N) is 1. The van der Waals surface area contributed by atoms with Crippen LogP contribution in [0.4, 0.5) is 0 Å². The molecule has 0 radical (unpaired) electrons. The molecule has 0 aliphatic rings. The van der Waals surface area contributed by atoms with Gasteiger partial charge in [0.15, 0.2) is 0 Å². The van der Waals surface area contributed by atoms with E-state index >= 15 is 0 Å². The van der Waals surface area contributed by atoms with Crippen molar-refractivity contribution < 1.29 is 4.79 Å². The third-order valence-electron chi connectivity index (χ3n) is 3.31. The Hall–Kier alpha value is -2.54. The minimum Gasteiger partial charge on any atom is -0.337 e. The lowest BCUT2D eigenvalue weighted by Crippen LogP contribution is -2.27. The van der Waals surface area contributed by atoms with Gasteiger partial charge in [0.25, 0.3) is 5.91 Å². The van der Waals surface area contributed by atoms with E-state index in [0.29, 0.717) is 17.8 Å². The third kappa shape index (κ3) is 2.89. The van der Waals surface area contributed by atoms with E-state index in [0.717, 1.165) is 16.6 Å². The summed E-state index contributed by atoms with van der Waals surface area (Å²) in [7, 11) is 1.71. The van der Waals surface area contributed by atoms with Crippen molar-refractivity contribution in [2.45, 2.75) is 13.5 Å². The lowest BCUT2D eigenvalue weighted by molar-refractivity contribution is 0.0785. The number of carbonyl (C=O) groups is 1. The zero-order chi connectivity index (χ0) is 15.7. The summed E-state index contributed by atoms with van der Waals surface area (Å²) in [5, 5.41) is 0. The van der Waals surface area contributed by atoms with Crippen LogP contribution in [0.1, 0.15) is 21.6 Å². The second kappa shape index (κ2) is 5.69. The number of amides is 1. The van der Waals surface area contributed by atoms with Gasteiger partial charge in [-0.1, -0.05) is 6.07 Å². The minimum absolute atomic E-state index is 0.189. The first-order chi connectivity index (χ1) is 10.5. The van der Waals surface area contributed by atoms with Crippen LogP contribution in [0.15, 0.2) is 35.1 Å². The van der Waals surface area contributed by atoms with Crippen LogP contribution in [-0.4, -0.2) is 31.6 Å². The van der Waals surface area contributed by atoms with Gasteiger partial charge in [0.2, 0.25) is 5.56 Å². The first-order valence-electron chi connectivity index (χ1n) is 6.70. The van der Waals surface area contributed by atoms with Gasteiger partial charge in [-0.15, -0.1) is 0 Å². The Kier molecular flexibility index (Phi) is 3.72. The average molecular weight is 314 g/mol. The number of hydrogen-bond acceptors (Lipinski definition) is 5. The fraction of sp³-hybridized carbons (Fsp3) is 0.200. The second-order valence-corrected chi connectivity index (χ2v) is 5.69. The zero-order valence-corrected chi connectivity index (χ0v) is 13.0. The van der Waals surface area contributed by atoms with Gasteiger partial charge >= 0.3 is 0 Å². The van der Waals surface area contributed by atoms with E-state index in [1.165, 1.54) is 17.8 Å². The molecule has 0 atom stereocenters.